The topological polar surface area (TPSA) is 49.8 Å². The van der Waals surface area contributed by atoms with Gasteiger partial charge < -0.3 is 14.7 Å². The van der Waals surface area contributed by atoms with Crippen molar-refractivity contribution in [3.63, 3.8) is 0 Å². The average molecular weight is 496 g/mol. The van der Waals surface area contributed by atoms with Crippen molar-refractivity contribution in [1.82, 2.24) is 4.90 Å². The molecule has 2 atom stereocenters. The van der Waals surface area contributed by atoms with Gasteiger partial charge in [0.25, 0.3) is 5.91 Å². The van der Waals surface area contributed by atoms with Crippen LogP contribution in [0.15, 0.2) is 12.1 Å². The molecule has 1 heterocycles. The zero-order valence-electron chi connectivity index (χ0n) is 20.0. The van der Waals surface area contributed by atoms with Gasteiger partial charge in [-0.05, 0) is 93.6 Å². The number of hydrogen-bond acceptors (Lipinski definition) is 3. The summed E-state index contributed by atoms with van der Waals surface area (Å²) in [7, 11) is 0. The van der Waals surface area contributed by atoms with E-state index in [1.165, 1.54) is 57.6 Å². The van der Waals surface area contributed by atoms with Crippen molar-refractivity contribution in [2.45, 2.75) is 88.4 Å². The van der Waals surface area contributed by atoms with Gasteiger partial charge in [0.05, 0.1) is 18.7 Å². The first-order valence-electron chi connectivity index (χ1n) is 13.0. The summed E-state index contributed by atoms with van der Waals surface area (Å²) in [6.07, 6.45) is 3.86. The first-order valence-corrected chi connectivity index (χ1v) is 13.0. The van der Waals surface area contributed by atoms with Crippen molar-refractivity contribution in [3.8, 4) is 5.75 Å². The Morgan fingerprint density at radius 1 is 1.09 bits per heavy atom. The molecule has 7 rings (SSSR count). The smallest absolute Gasteiger partial charge is 0.419 e. The third kappa shape index (κ3) is 4.04. The van der Waals surface area contributed by atoms with E-state index < -0.39 is 42.5 Å². The summed E-state index contributed by atoms with van der Waals surface area (Å²) in [5.74, 6) is 1.39. The monoisotopic (exact) mass is 495 g/mol. The number of aliphatic hydroxyl groups is 1. The van der Waals surface area contributed by atoms with Gasteiger partial charge in [-0.2, -0.15) is 13.2 Å². The number of rotatable bonds is 5. The van der Waals surface area contributed by atoms with Crippen LogP contribution < -0.4 is 4.74 Å². The number of carbonyl (C=O) groups is 1. The van der Waals surface area contributed by atoms with Crippen LogP contribution in [0.25, 0.3) is 0 Å². The van der Waals surface area contributed by atoms with E-state index in [4.69, 9.17) is 4.74 Å². The number of likely N-dealkylation sites (tertiary alicyclic amines) is 1. The summed E-state index contributed by atoms with van der Waals surface area (Å²) in [4.78, 5) is 14.1. The molecule has 0 spiro atoms. The molecule has 1 aromatic carbocycles. The van der Waals surface area contributed by atoms with E-state index >= 15 is 4.39 Å². The fourth-order valence-electron chi connectivity index (χ4n) is 8.00. The van der Waals surface area contributed by atoms with Crippen LogP contribution in [0.2, 0.25) is 0 Å². The summed E-state index contributed by atoms with van der Waals surface area (Å²) in [5.41, 5.74) is -2.28. The molecule has 35 heavy (non-hydrogen) atoms. The zero-order valence-corrected chi connectivity index (χ0v) is 20.0. The molecule has 1 amide bonds. The summed E-state index contributed by atoms with van der Waals surface area (Å²) in [6.45, 7) is 1.12. The second-order valence-electron chi connectivity index (χ2n) is 12.4. The van der Waals surface area contributed by atoms with Crippen LogP contribution >= 0.6 is 0 Å². The molecule has 1 saturated heterocycles. The van der Waals surface area contributed by atoms with Crippen LogP contribution in [0.1, 0.15) is 86.6 Å². The van der Waals surface area contributed by atoms with Gasteiger partial charge in [0.15, 0.2) is 5.60 Å². The van der Waals surface area contributed by atoms with Crippen molar-refractivity contribution < 1.29 is 32.2 Å². The molecule has 8 heteroatoms. The Hall–Kier alpha value is -1.83. The molecule has 0 aromatic heterocycles. The van der Waals surface area contributed by atoms with E-state index in [0.717, 1.165) is 41.1 Å². The van der Waals surface area contributed by atoms with E-state index in [1.807, 2.05) is 0 Å². The van der Waals surface area contributed by atoms with Gasteiger partial charge in [-0.3, -0.25) is 4.79 Å². The van der Waals surface area contributed by atoms with Crippen molar-refractivity contribution >= 4 is 5.91 Å². The molecule has 1 unspecified atom stereocenters. The maximum absolute atomic E-state index is 15.2. The van der Waals surface area contributed by atoms with Gasteiger partial charge in [-0.25, -0.2) is 4.39 Å². The molecule has 6 aliphatic rings. The molecular formula is C27H33F4NO3. The second-order valence-corrected chi connectivity index (χ2v) is 12.4. The molecular weight excluding hydrogens is 462 g/mol. The Balaban J connectivity index is 1.23. The highest BCUT2D eigenvalue weighted by Gasteiger charge is 2.60. The average Bonchev–Trinajstić information content (AvgIpc) is 3.54. The van der Waals surface area contributed by atoms with Gasteiger partial charge in [0.2, 0.25) is 0 Å². The summed E-state index contributed by atoms with van der Waals surface area (Å²) in [6, 6.07) is 1.89. The highest BCUT2D eigenvalue weighted by molar-refractivity contribution is 5.95. The van der Waals surface area contributed by atoms with E-state index in [-0.39, 0.29) is 16.9 Å². The van der Waals surface area contributed by atoms with Crippen molar-refractivity contribution in [2.75, 3.05) is 13.2 Å². The molecule has 5 aliphatic carbocycles. The van der Waals surface area contributed by atoms with Crippen LogP contribution in [0.4, 0.5) is 17.6 Å². The first-order chi connectivity index (χ1) is 16.5. The van der Waals surface area contributed by atoms with Gasteiger partial charge in [-0.1, -0.05) is 0 Å². The Bertz CT molecular complexity index is 1000. The number of alkyl halides is 3. The van der Waals surface area contributed by atoms with Crippen molar-refractivity contribution in [2.24, 2.45) is 23.2 Å². The summed E-state index contributed by atoms with van der Waals surface area (Å²) >= 11 is 0. The van der Waals surface area contributed by atoms with E-state index in [1.54, 1.807) is 0 Å². The normalized spacial score (nSPS) is 38.3. The van der Waals surface area contributed by atoms with Crippen molar-refractivity contribution in [3.05, 3.63) is 29.1 Å². The van der Waals surface area contributed by atoms with Gasteiger partial charge in [0, 0.05) is 23.9 Å². The number of halogens is 4. The number of β-amino-alcohol motifs (C(OH)–C–C–N with tert-alkyl or cyclic N) is 1. The lowest BCUT2D eigenvalue weighted by Crippen LogP contribution is -2.48. The predicted molar refractivity (Wildman–Crippen MR) is 121 cm³/mol. The number of amides is 1. The zero-order chi connectivity index (χ0) is 24.8. The third-order valence-corrected chi connectivity index (χ3v) is 9.43. The van der Waals surface area contributed by atoms with Crippen LogP contribution in [0.5, 0.6) is 5.75 Å². The number of hydrogen-bond donors (Lipinski definition) is 1. The van der Waals surface area contributed by atoms with E-state index in [9.17, 15) is 23.1 Å². The molecule has 1 aliphatic heterocycles. The minimum absolute atomic E-state index is 0.160. The van der Waals surface area contributed by atoms with Crippen molar-refractivity contribution in [1.29, 1.82) is 0 Å². The predicted octanol–water partition coefficient (Wildman–Crippen LogP) is 5.83. The minimum atomic E-state index is -4.86. The molecule has 0 radical (unpaired) electrons. The number of carbonyl (C=O) groups excluding carboxylic acids is 1. The number of ether oxygens (including phenoxy) is 1. The lowest BCUT2D eigenvalue weighted by molar-refractivity contribution is -0.253. The highest BCUT2D eigenvalue weighted by atomic mass is 19.4. The molecule has 4 bridgehead atoms. The van der Waals surface area contributed by atoms with E-state index in [2.05, 4.69) is 0 Å². The Labute approximate surface area is 203 Å². The van der Waals surface area contributed by atoms with Gasteiger partial charge in [0.1, 0.15) is 11.6 Å². The van der Waals surface area contributed by atoms with Crippen LogP contribution in [-0.4, -0.2) is 46.9 Å². The van der Waals surface area contributed by atoms with Crippen LogP contribution in [-0.2, 0) is 0 Å². The fraction of sp³-hybridized carbons (Fsp3) is 0.741. The standard InChI is InChI=1S/C27H33F4NO3/c1-15-9-26(34,27(29,30)31)13-32(15)24(33)21-7-20(19-2-3-19)23(8-22(21)28)35-14-25-10-16-4-17(11-25)6-18(5-16)12-25/h7-8,15-19,34H,2-6,9-14H2,1H3/t15-,16?,17?,18?,25?,26?/m1/s1. The Kier molecular flexibility index (Phi) is 5.27. The summed E-state index contributed by atoms with van der Waals surface area (Å²) in [5, 5.41) is 10.1. The fourth-order valence-corrected chi connectivity index (χ4v) is 8.00. The summed E-state index contributed by atoms with van der Waals surface area (Å²) < 4.78 is 61.6. The molecule has 1 N–H and O–H groups in total. The minimum Gasteiger partial charge on any atom is -0.493 e. The highest BCUT2D eigenvalue weighted by Crippen LogP contribution is 2.60. The largest absolute Gasteiger partial charge is 0.493 e. The van der Waals surface area contributed by atoms with Crippen LogP contribution in [0.3, 0.4) is 0 Å². The van der Waals surface area contributed by atoms with Gasteiger partial charge in [-0.15, -0.1) is 0 Å². The second kappa shape index (κ2) is 7.83. The maximum atomic E-state index is 15.2. The molecule has 4 nitrogen and oxygen atoms in total. The Morgan fingerprint density at radius 3 is 2.20 bits per heavy atom. The molecule has 6 fully saturated rings. The third-order valence-electron chi connectivity index (χ3n) is 9.43. The van der Waals surface area contributed by atoms with Crippen LogP contribution in [0, 0.1) is 29.0 Å². The first kappa shape index (κ1) is 23.6. The SMILES string of the molecule is C[C@@H]1CC(O)(C(F)(F)F)CN1C(=O)c1cc(C2CC2)c(OCC23CC4CC(CC(C4)C2)C3)cc1F. The van der Waals surface area contributed by atoms with E-state index in [0.29, 0.717) is 12.4 Å². The molecule has 5 saturated carbocycles. The lowest BCUT2D eigenvalue weighted by atomic mass is 9.50. The molecule has 192 valence electrons. The number of nitrogens with zero attached hydrogens (tertiary/aromatic N) is 1. The number of benzene rings is 1. The lowest BCUT2D eigenvalue weighted by Gasteiger charge is -2.56. The molecule has 1 aromatic rings. The maximum Gasteiger partial charge on any atom is 0.419 e. The quantitative estimate of drug-likeness (QED) is 0.524. The van der Waals surface area contributed by atoms with Gasteiger partial charge >= 0.3 is 6.18 Å². The Morgan fingerprint density at radius 2 is 1.69 bits per heavy atom.